The summed E-state index contributed by atoms with van der Waals surface area (Å²) in [5.41, 5.74) is 3.05. The molecule has 2 saturated heterocycles. The molecule has 1 aromatic heterocycles. The molecule has 3 fully saturated rings. The summed E-state index contributed by atoms with van der Waals surface area (Å²) in [5.74, 6) is -0.296. The number of nitrogens with one attached hydrogen (secondary N) is 1. The van der Waals surface area contributed by atoms with Crippen LogP contribution in [0.1, 0.15) is 86.5 Å². The Morgan fingerprint density at radius 1 is 0.956 bits per heavy atom. The van der Waals surface area contributed by atoms with E-state index in [9.17, 15) is 14.0 Å². The maximum atomic E-state index is 14.9. The molecule has 0 unspecified atom stereocenters. The number of likely N-dealkylation sites (tertiary alicyclic amines) is 1. The molecule has 232 valence electrons. The SMILES string of the molecule is CC1(C)OB(c2ccc(C3CCC4(CC3)CN(C(=O)c3cc(Cc5n[nH]c(=O)c6ccccc56)ccc3F)C4)cc2)OC1(C)C. The second-order valence-electron chi connectivity index (χ2n) is 14.2. The molecule has 3 aromatic carbocycles. The number of aromatic nitrogens is 2. The maximum absolute atomic E-state index is 14.9. The van der Waals surface area contributed by atoms with Gasteiger partial charge in [-0.2, -0.15) is 5.10 Å². The van der Waals surface area contributed by atoms with E-state index in [-0.39, 0.29) is 40.8 Å². The smallest absolute Gasteiger partial charge is 0.399 e. The minimum Gasteiger partial charge on any atom is -0.399 e. The number of carbonyl (C=O) groups excluding carboxylic acids is 1. The Balaban J connectivity index is 0.968. The van der Waals surface area contributed by atoms with Crippen molar-refractivity contribution < 1.29 is 18.5 Å². The molecule has 1 N–H and O–H groups in total. The summed E-state index contributed by atoms with van der Waals surface area (Å²) >= 11 is 0. The molecule has 1 aliphatic carbocycles. The lowest BCUT2D eigenvalue weighted by Gasteiger charge is -2.53. The van der Waals surface area contributed by atoms with Crippen LogP contribution < -0.4 is 11.0 Å². The van der Waals surface area contributed by atoms with E-state index in [2.05, 4.69) is 62.2 Å². The van der Waals surface area contributed by atoms with Gasteiger partial charge in [-0.15, -0.1) is 0 Å². The predicted molar refractivity (Wildman–Crippen MR) is 173 cm³/mol. The first-order chi connectivity index (χ1) is 21.4. The summed E-state index contributed by atoms with van der Waals surface area (Å²) in [6, 6.07) is 20.6. The van der Waals surface area contributed by atoms with Crippen molar-refractivity contribution in [2.45, 2.75) is 76.9 Å². The molecule has 7 nitrogen and oxygen atoms in total. The van der Waals surface area contributed by atoms with Crippen LogP contribution in [0.5, 0.6) is 0 Å². The lowest BCUT2D eigenvalue weighted by molar-refractivity contribution is -0.0188. The maximum Gasteiger partial charge on any atom is 0.494 e. The second kappa shape index (κ2) is 10.9. The molecule has 0 atom stereocenters. The molecule has 3 aliphatic rings. The number of rotatable bonds is 5. The Bertz CT molecular complexity index is 1800. The number of halogens is 1. The highest BCUT2D eigenvalue weighted by Crippen LogP contribution is 2.48. The second-order valence-corrected chi connectivity index (χ2v) is 14.2. The van der Waals surface area contributed by atoms with Gasteiger partial charge in [-0.3, -0.25) is 9.59 Å². The fourth-order valence-corrected chi connectivity index (χ4v) is 7.21. The van der Waals surface area contributed by atoms with Crippen molar-refractivity contribution in [2.24, 2.45) is 5.41 Å². The van der Waals surface area contributed by atoms with Gasteiger partial charge in [0.2, 0.25) is 0 Å². The van der Waals surface area contributed by atoms with Gasteiger partial charge in [-0.05, 0) is 94.1 Å². The first-order valence-electron chi connectivity index (χ1n) is 15.9. The third-order valence-electron chi connectivity index (χ3n) is 10.7. The lowest BCUT2D eigenvalue weighted by atomic mass is 9.64. The quantitative estimate of drug-likeness (QED) is 0.292. The molecular weight excluding hydrogens is 568 g/mol. The first-order valence-corrected chi connectivity index (χ1v) is 15.9. The van der Waals surface area contributed by atoms with Crippen molar-refractivity contribution in [3.05, 3.63) is 105 Å². The summed E-state index contributed by atoms with van der Waals surface area (Å²) in [6.45, 7) is 9.59. The molecule has 1 spiro atoms. The van der Waals surface area contributed by atoms with Crippen LogP contribution in [0.3, 0.4) is 0 Å². The van der Waals surface area contributed by atoms with E-state index >= 15 is 0 Å². The molecule has 4 aromatic rings. The fourth-order valence-electron chi connectivity index (χ4n) is 7.21. The summed E-state index contributed by atoms with van der Waals surface area (Å²) in [5, 5.41) is 8.10. The van der Waals surface area contributed by atoms with Crippen LogP contribution in [0.2, 0.25) is 0 Å². The highest BCUT2D eigenvalue weighted by Gasteiger charge is 2.52. The molecule has 2 aliphatic heterocycles. The molecule has 1 amide bonds. The van der Waals surface area contributed by atoms with Gasteiger partial charge < -0.3 is 14.2 Å². The van der Waals surface area contributed by atoms with Gasteiger partial charge in [-0.25, -0.2) is 9.49 Å². The zero-order valence-corrected chi connectivity index (χ0v) is 26.4. The predicted octanol–water partition coefficient (Wildman–Crippen LogP) is 5.75. The van der Waals surface area contributed by atoms with E-state index in [1.165, 1.54) is 11.6 Å². The average molecular weight is 608 g/mol. The molecule has 0 bridgehead atoms. The van der Waals surface area contributed by atoms with Gasteiger partial charge in [0.05, 0.1) is 27.8 Å². The van der Waals surface area contributed by atoms with Crippen molar-refractivity contribution in [3.8, 4) is 0 Å². The highest BCUT2D eigenvalue weighted by atomic mass is 19.1. The number of aromatic amines is 1. The van der Waals surface area contributed by atoms with Crippen LogP contribution in [0.15, 0.2) is 71.5 Å². The molecule has 7 rings (SSSR count). The third kappa shape index (κ3) is 5.40. The highest BCUT2D eigenvalue weighted by molar-refractivity contribution is 6.62. The van der Waals surface area contributed by atoms with Gasteiger partial charge in [0.25, 0.3) is 11.5 Å². The minimum absolute atomic E-state index is 0.0897. The number of hydrogen-bond donors (Lipinski definition) is 1. The standard InChI is InChI=1S/C36H39BFN3O4/c1-34(2)35(3,4)45-37(44-34)26-12-10-24(11-13-26)25-15-17-36(18-16-25)21-41(22-36)33(43)29-19-23(9-14-30(29)38)20-31-27-7-5-6-8-28(27)32(42)40-39-31/h5-14,19,25H,15-18,20-22H2,1-4H3,(H,40,42). The van der Waals surface area contributed by atoms with Crippen LogP contribution in [-0.2, 0) is 15.7 Å². The van der Waals surface area contributed by atoms with E-state index < -0.39 is 5.82 Å². The van der Waals surface area contributed by atoms with Crippen LogP contribution in [-0.4, -0.2) is 52.4 Å². The number of H-pyrrole nitrogens is 1. The Morgan fingerprint density at radius 2 is 1.60 bits per heavy atom. The Morgan fingerprint density at radius 3 is 2.27 bits per heavy atom. The van der Waals surface area contributed by atoms with Gasteiger partial charge in [0.15, 0.2) is 0 Å². The number of fused-ring (bicyclic) bond motifs is 1. The number of hydrogen-bond acceptors (Lipinski definition) is 5. The van der Waals surface area contributed by atoms with E-state index in [0.29, 0.717) is 36.5 Å². The van der Waals surface area contributed by atoms with Crippen molar-refractivity contribution >= 4 is 29.3 Å². The van der Waals surface area contributed by atoms with Gasteiger partial charge >= 0.3 is 7.12 Å². The van der Waals surface area contributed by atoms with Gasteiger partial charge in [-0.1, -0.05) is 48.5 Å². The molecule has 9 heteroatoms. The van der Waals surface area contributed by atoms with Gasteiger partial charge in [0, 0.05) is 30.3 Å². The topological polar surface area (TPSA) is 84.5 Å². The minimum atomic E-state index is -0.517. The summed E-state index contributed by atoms with van der Waals surface area (Å²) < 4.78 is 27.4. The van der Waals surface area contributed by atoms with E-state index in [1.807, 2.05) is 18.2 Å². The zero-order valence-electron chi connectivity index (χ0n) is 26.4. The Hall–Kier alpha value is -3.82. The molecule has 3 heterocycles. The monoisotopic (exact) mass is 607 g/mol. The summed E-state index contributed by atoms with van der Waals surface area (Å²) in [6.07, 6.45) is 4.62. The van der Waals surface area contributed by atoms with Crippen molar-refractivity contribution in [1.82, 2.24) is 15.1 Å². The average Bonchev–Trinajstić information content (AvgIpc) is 3.24. The number of carbonyl (C=O) groups is 1. The van der Waals surface area contributed by atoms with Crippen LogP contribution in [0.25, 0.3) is 10.8 Å². The lowest BCUT2D eigenvalue weighted by Crippen LogP contribution is -2.59. The number of amides is 1. The molecule has 0 radical (unpaired) electrons. The van der Waals surface area contributed by atoms with Crippen molar-refractivity contribution in [2.75, 3.05) is 13.1 Å². The van der Waals surface area contributed by atoms with E-state index in [4.69, 9.17) is 9.31 Å². The fraction of sp³-hybridized carbons (Fsp3) is 0.417. The Kier molecular flexibility index (Phi) is 7.25. The van der Waals surface area contributed by atoms with Crippen molar-refractivity contribution in [1.29, 1.82) is 0 Å². The molecular formula is C36H39BFN3O4. The largest absolute Gasteiger partial charge is 0.494 e. The third-order valence-corrected chi connectivity index (χ3v) is 10.7. The number of nitrogens with zero attached hydrogens (tertiary/aromatic N) is 2. The summed E-state index contributed by atoms with van der Waals surface area (Å²) in [4.78, 5) is 27.4. The van der Waals surface area contributed by atoms with Crippen LogP contribution in [0.4, 0.5) is 4.39 Å². The zero-order chi connectivity index (χ0) is 31.6. The molecule has 1 saturated carbocycles. The summed E-state index contributed by atoms with van der Waals surface area (Å²) in [7, 11) is -0.358. The number of benzene rings is 3. The van der Waals surface area contributed by atoms with Crippen LogP contribution >= 0.6 is 0 Å². The van der Waals surface area contributed by atoms with Crippen LogP contribution in [0, 0.1) is 11.2 Å². The molecule has 45 heavy (non-hydrogen) atoms. The van der Waals surface area contributed by atoms with Gasteiger partial charge in [0.1, 0.15) is 5.82 Å². The van der Waals surface area contributed by atoms with E-state index in [0.717, 1.165) is 42.1 Å². The first kappa shape index (κ1) is 29.9. The van der Waals surface area contributed by atoms with E-state index in [1.54, 1.807) is 23.1 Å². The Labute approximate surface area is 263 Å². The van der Waals surface area contributed by atoms with Crippen molar-refractivity contribution in [3.63, 3.8) is 0 Å². The normalized spacial score (nSPS) is 20.5.